The molecule has 1 aliphatic heterocycles. The van der Waals surface area contributed by atoms with Crippen molar-refractivity contribution in [1.82, 2.24) is 10.6 Å². The number of benzene rings is 1. The Morgan fingerprint density at radius 2 is 2.09 bits per heavy atom. The van der Waals surface area contributed by atoms with Gasteiger partial charge in [0.1, 0.15) is 5.75 Å². The molecule has 5 heteroatoms. The number of aryl methyl sites for hydroxylation is 1. The van der Waals surface area contributed by atoms with E-state index < -0.39 is 0 Å². The molecule has 0 radical (unpaired) electrons. The number of methoxy groups -OCH3 is 1. The van der Waals surface area contributed by atoms with Crippen LogP contribution in [-0.4, -0.2) is 31.6 Å². The number of amides is 1. The van der Waals surface area contributed by atoms with Crippen LogP contribution in [-0.2, 0) is 11.2 Å². The van der Waals surface area contributed by atoms with Crippen molar-refractivity contribution in [3.05, 3.63) is 29.8 Å². The summed E-state index contributed by atoms with van der Waals surface area (Å²) in [6.07, 6.45) is 4.49. The van der Waals surface area contributed by atoms with E-state index in [0.717, 1.165) is 38.0 Å². The minimum Gasteiger partial charge on any atom is -0.497 e. The first-order chi connectivity index (χ1) is 10.2. The molecule has 0 aliphatic carbocycles. The van der Waals surface area contributed by atoms with Crippen molar-refractivity contribution in [1.29, 1.82) is 0 Å². The van der Waals surface area contributed by atoms with Crippen LogP contribution >= 0.6 is 12.4 Å². The molecule has 1 aromatic rings. The van der Waals surface area contributed by atoms with Crippen molar-refractivity contribution in [2.45, 2.75) is 51.1 Å². The maximum absolute atomic E-state index is 12.0. The Bertz CT molecular complexity index is 450. The lowest BCUT2D eigenvalue weighted by Gasteiger charge is -2.28. The van der Waals surface area contributed by atoms with E-state index in [4.69, 9.17) is 4.74 Å². The Morgan fingerprint density at radius 3 is 2.73 bits per heavy atom. The Labute approximate surface area is 139 Å². The van der Waals surface area contributed by atoms with Gasteiger partial charge in [-0.3, -0.25) is 4.79 Å². The van der Waals surface area contributed by atoms with Crippen molar-refractivity contribution in [2.75, 3.05) is 13.7 Å². The second-order valence-corrected chi connectivity index (χ2v) is 5.85. The molecule has 124 valence electrons. The third-order valence-electron chi connectivity index (χ3n) is 4.02. The van der Waals surface area contributed by atoms with Gasteiger partial charge in [-0.2, -0.15) is 0 Å². The van der Waals surface area contributed by atoms with E-state index in [2.05, 4.69) is 29.7 Å². The van der Waals surface area contributed by atoms with Crippen LogP contribution in [0.5, 0.6) is 5.75 Å². The largest absolute Gasteiger partial charge is 0.497 e. The number of ether oxygens (including phenoxy) is 1. The van der Waals surface area contributed by atoms with Crippen LogP contribution in [0.15, 0.2) is 24.3 Å². The monoisotopic (exact) mass is 326 g/mol. The fourth-order valence-corrected chi connectivity index (χ4v) is 2.81. The second kappa shape index (κ2) is 9.70. The SMILES string of the molecule is COc1ccc(CCCC(=O)NC2CCNC(C)C2)cc1.Cl. The molecule has 1 fully saturated rings. The number of rotatable bonds is 6. The smallest absolute Gasteiger partial charge is 0.220 e. The molecule has 0 aromatic heterocycles. The summed E-state index contributed by atoms with van der Waals surface area (Å²) in [5, 5.41) is 6.55. The number of nitrogens with one attached hydrogen (secondary N) is 2. The number of carbonyl (C=O) groups is 1. The summed E-state index contributed by atoms with van der Waals surface area (Å²) in [4.78, 5) is 12.0. The normalized spacial score (nSPS) is 20.8. The maximum Gasteiger partial charge on any atom is 0.220 e. The molecule has 1 aromatic carbocycles. The van der Waals surface area contributed by atoms with E-state index in [1.54, 1.807) is 7.11 Å². The van der Waals surface area contributed by atoms with Gasteiger partial charge in [-0.05, 0) is 56.8 Å². The molecule has 1 heterocycles. The van der Waals surface area contributed by atoms with Gasteiger partial charge in [0.2, 0.25) is 5.91 Å². The summed E-state index contributed by atoms with van der Waals surface area (Å²) in [5.41, 5.74) is 1.25. The molecule has 1 saturated heterocycles. The molecule has 0 saturated carbocycles. The first-order valence-electron chi connectivity index (χ1n) is 7.83. The number of hydrogen-bond donors (Lipinski definition) is 2. The molecule has 0 bridgehead atoms. The van der Waals surface area contributed by atoms with E-state index in [-0.39, 0.29) is 18.3 Å². The highest BCUT2D eigenvalue weighted by atomic mass is 35.5. The summed E-state index contributed by atoms with van der Waals surface area (Å²) in [7, 11) is 1.67. The summed E-state index contributed by atoms with van der Waals surface area (Å²) in [6, 6.07) is 8.90. The van der Waals surface area contributed by atoms with Crippen LogP contribution in [0.25, 0.3) is 0 Å². The lowest BCUT2D eigenvalue weighted by Crippen LogP contribution is -2.46. The lowest BCUT2D eigenvalue weighted by atomic mass is 10.0. The number of hydrogen-bond acceptors (Lipinski definition) is 3. The van der Waals surface area contributed by atoms with E-state index in [0.29, 0.717) is 18.5 Å². The zero-order valence-corrected chi connectivity index (χ0v) is 14.2. The third-order valence-corrected chi connectivity index (χ3v) is 4.02. The molecule has 2 atom stereocenters. The Hall–Kier alpha value is -1.26. The number of piperidine rings is 1. The van der Waals surface area contributed by atoms with Gasteiger partial charge in [0.25, 0.3) is 0 Å². The van der Waals surface area contributed by atoms with Gasteiger partial charge in [0.05, 0.1) is 7.11 Å². The van der Waals surface area contributed by atoms with E-state index in [9.17, 15) is 4.79 Å². The fraction of sp³-hybridized carbons (Fsp3) is 0.588. The average molecular weight is 327 g/mol. The van der Waals surface area contributed by atoms with Gasteiger partial charge >= 0.3 is 0 Å². The first-order valence-corrected chi connectivity index (χ1v) is 7.83. The number of carbonyl (C=O) groups excluding carboxylic acids is 1. The molecule has 22 heavy (non-hydrogen) atoms. The molecule has 1 amide bonds. The van der Waals surface area contributed by atoms with Crippen LogP contribution in [0.3, 0.4) is 0 Å². The second-order valence-electron chi connectivity index (χ2n) is 5.85. The quantitative estimate of drug-likeness (QED) is 0.845. The van der Waals surface area contributed by atoms with Crippen molar-refractivity contribution < 1.29 is 9.53 Å². The predicted octanol–water partition coefficient (Wildman–Crippen LogP) is 2.70. The van der Waals surface area contributed by atoms with Gasteiger partial charge in [-0.1, -0.05) is 12.1 Å². The first kappa shape index (κ1) is 18.8. The zero-order chi connectivity index (χ0) is 15.1. The van der Waals surface area contributed by atoms with Crippen molar-refractivity contribution >= 4 is 18.3 Å². The summed E-state index contributed by atoms with van der Waals surface area (Å²) < 4.78 is 5.14. The molecule has 1 aliphatic rings. The molecule has 0 spiro atoms. The zero-order valence-electron chi connectivity index (χ0n) is 13.4. The lowest BCUT2D eigenvalue weighted by molar-refractivity contribution is -0.122. The van der Waals surface area contributed by atoms with Crippen LogP contribution in [0.4, 0.5) is 0 Å². The fourth-order valence-electron chi connectivity index (χ4n) is 2.81. The van der Waals surface area contributed by atoms with Gasteiger partial charge < -0.3 is 15.4 Å². The van der Waals surface area contributed by atoms with Gasteiger partial charge in [0.15, 0.2) is 0 Å². The molecular weight excluding hydrogens is 300 g/mol. The Morgan fingerprint density at radius 1 is 1.36 bits per heavy atom. The van der Waals surface area contributed by atoms with Crippen molar-refractivity contribution in [3.63, 3.8) is 0 Å². The van der Waals surface area contributed by atoms with Crippen LogP contribution in [0, 0.1) is 0 Å². The summed E-state index contributed by atoms with van der Waals surface area (Å²) in [5.74, 6) is 1.05. The van der Waals surface area contributed by atoms with Crippen LogP contribution in [0.1, 0.15) is 38.2 Å². The molecule has 2 rings (SSSR count). The minimum absolute atomic E-state index is 0. The molecule has 4 nitrogen and oxygen atoms in total. The Balaban J connectivity index is 0.00000242. The standard InChI is InChI=1S/C17H26N2O2.ClH/c1-13-12-15(10-11-18-13)19-17(20)5-3-4-14-6-8-16(21-2)9-7-14;/h6-9,13,15,18H,3-5,10-12H2,1-2H3,(H,19,20);1H. The molecule has 2 unspecified atom stereocenters. The highest BCUT2D eigenvalue weighted by molar-refractivity contribution is 5.85. The van der Waals surface area contributed by atoms with Gasteiger partial charge in [-0.25, -0.2) is 0 Å². The predicted molar refractivity (Wildman–Crippen MR) is 91.8 cm³/mol. The highest BCUT2D eigenvalue weighted by Crippen LogP contribution is 2.13. The average Bonchev–Trinajstić information content (AvgIpc) is 2.48. The van der Waals surface area contributed by atoms with E-state index >= 15 is 0 Å². The maximum atomic E-state index is 12.0. The molecule has 2 N–H and O–H groups in total. The van der Waals surface area contributed by atoms with E-state index in [1.165, 1.54) is 5.56 Å². The third kappa shape index (κ3) is 6.24. The van der Waals surface area contributed by atoms with Crippen molar-refractivity contribution in [2.24, 2.45) is 0 Å². The van der Waals surface area contributed by atoms with Crippen LogP contribution < -0.4 is 15.4 Å². The summed E-state index contributed by atoms with van der Waals surface area (Å²) >= 11 is 0. The topological polar surface area (TPSA) is 50.4 Å². The van der Waals surface area contributed by atoms with Gasteiger partial charge in [-0.15, -0.1) is 12.4 Å². The highest BCUT2D eigenvalue weighted by Gasteiger charge is 2.19. The van der Waals surface area contributed by atoms with Crippen LogP contribution in [0.2, 0.25) is 0 Å². The number of halogens is 1. The minimum atomic E-state index is 0. The molecular formula is C17H27ClN2O2. The van der Waals surface area contributed by atoms with Crippen molar-refractivity contribution in [3.8, 4) is 5.75 Å². The Kier molecular flexibility index (Phi) is 8.28. The summed E-state index contributed by atoms with van der Waals surface area (Å²) in [6.45, 7) is 3.17. The van der Waals surface area contributed by atoms with Gasteiger partial charge in [0, 0.05) is 18.5 Å². The van der Waals surface area contributed by atoms with E-state index in [1.807, 2.05) is 12.1 Å².